The number of fused-ring (bicyclic) bond motifs is 1. The summed E-state index contributed by atoms with van der Waals surface area (Å²) >= 11 is 0. The number of aryl methyl sites for hydroxylation is 1. The van der Waals surface area contributed by atoms with Crippen LogP contribution in [0.1, 0.15) is 42.9 Å². The number of aliphatic hydroxyl groups is 1. The minimum absolute atomic E-state index is 0.122. The Morgan fingerprint density at radius 2 is 2.25 bits per heavy atom. The van der Waals surface area contributed by atoms with Crippen molar-refractivity contribution in [1.29, 1.82) is 0 Å². The number of hydrogen-bond acceptors (Lipinski definition) is 5. The first-order valence-corrected chi connectivity index (χ1v) is 8.37. The largest absolute Gasteiger partial charge is 0.450 e. The van der Waals surface area contributed by atoms with Gasteiger partial charge in [0.15, 0.2) is 0 Å². The Hall–Kier alpha value is -2.34. The van der Waals surface area contributed by atoms with Crippen molar-refractivity contribution in [2.24, 2.45) is 0 Å². The molecule has 4 rings (SSSR count). The molecule has 1 aliphatic heterocycles. The van der Waals surface area contributed by atoms with Crippen molar-refractivity contribution in [3.63, 3.8) is 0 Å². The van der Waals surface area contributed by atoms with Crippen LogP contribution in [0.4, 0.5) is 5.69 Å². The highest BCUT2D eigenvalue weighted by atomic mass is 16.6. The first kappa shape index (κ1) is 15.2. The molecule has 1 saturated heterocycles. The summed E-state index contributed by atoms with van der Waals surface area (Å²) in [6, 6.07) is 6.07. The number of nitrogens with zero attached hydrogens (tertiary/aromatic N) is 2. The topological polar surface area (TPSA) is 75.8 Å². The second-order valence-electron chi connectivity index (χ2n) is 6.33. The van der Waals surface area contributed by atoms with E-state index in [1.165, 1.54) is 6.26 Å². The van der Waals surface area contributed by atoms with Gasteiger partial charge in [0.25, 0.3) is 0 Å². The van der Waals surface area contributed by atoms with Gasteiger partial charge in [0.2, 0.25) is 5.91 Å². The van der Waals surface area contributed by atoms with Crippen LogP contribution in [0.2, 0.25) is 0 Å². The number of amides is 1. The summed E-state index contributed by atoms with van der Waals surface area (Å²) in [6.07, 6.45) is 6.65. The zero-order valence-corrected chi connectivity index (χ0v) is 13.4. The SMILES string of the molecule is O=C1CC[C@@H](CCOc2ncco2)N1c1ccc2c(c1)CCC2O. The molecule has 6 nitrogen and oxygen atoms in total. The Morgan fingerprint density at radius 3 is 3.08 bits per heavy atom. The lowest BCUT2D eigenvalue weighted by Gasteiger charge is -2.25. The third kappa shape index (κ3) is 2.78. The maximum atomic E-state index is 12.3. The molecule has 0 radical (unpaired) electrons. The number of anilines is 1. The Bertz CT molecular complexity index is 729. The molecule has 2 aliphatic rings. The van der Waals surface area contributed by atoms with Crippen molar-refractivity contribution >= 4 is 11.6 Å². The van der Waals surface area contributed by atoms with Crippen molar-refractivity contribution in [1.82, 2.24) is 4.98 Å². The molecule has 0 saturated carbocycles. The van der Waals surface area contributed by atoms with Gasteiger partial charge >= 0.3 is 6.08 Å². The molecule has 2 atom stereocenters. The quantitative estimate of drug-likeness (QED) is 0.913. The first-order chi connectivity index (χ1) is 11.7. The number of benzene rings is 1. The Kier molecular flexibility index (Phi) is 3.98. The summed E-state index contributed by atoms with van der Waals surface area (Å²) in [7, 11) is 0. The molecular weight excluding hydrogens is 308 g/mol. The molecule has 2 heterocycles. The second kappa shape index (κ2) is 6.28. The fourth-order valence-corrected chi connectivity index (χ4v) is 3.67. The van der Waals surface area contributed by atoms with E-state index in [4.69, 9.17) is 9.15 Å². The minimum Gasteiger partial charge on any atom is -0.450 e. The van der Waals surface area contributed by atoms with Crippen molar-refractivity contribution in [2.75, 3.05) is 11.5 Å². The van der Waals surface area contributed by atoms with E-state index < -0.39 is 0 Å². The first-order valence-electron chi connectivity index (χ1n) is 8.37. The molecule has 0 spiro atoms. The van der Waals surface area contributed by atoms with Crippen molar-refractivity contribution in [2.45, 2.75) is 44.2 Å². The van der Waals surface area contributed by atoms with E-state index in [9.17, 15) is 9.90 Å². The summed E-state index contributed by atoms with van der Waals surface area (Å²) in [5.74, 6) is 0.148. The molecule has 1 aliphatic carbocycles. The molecule has 126 valence electrons. The third-order valence-corrected chi connectivity index (χ3v) is 4.86. The zero-order chi connectivity index (χ0) is 16.5. The average molecular weight is 328 g/mol. The smallest absolute Gasteiger partial charge is 0.393 e. The number of rotatable bonds is 5. The van der Waals surface area contributed by atoms with E-state index in [2.05, 4.69) is 11.1 Å². The summed E-state index contributed by atoms with van der Waals surface area (Å²) in [6.45, 7) is 0.457. The van der Waals surface area contributed by atoms with Crippen LogP contribution in [0.25, 0.3) is 0 Å². The number of carbonyl (C=O) groups is 1. The van der Waals surface area contributed by atoms with Gasteiger partial charge in [-0.05, 0) is 42.5 Å². The number of aromatic nitrogens is 1. The van der Waals surface area contributed by atoms with E-state index in [0.717, 1.165) is 42.5 Å². The maximum absolute atomic E-state index is 12.3. The fraction of sp³-hybridized carbons (Fsp3) is 0.444. The molecule has 1 unspecified atom stereocenters. The minimum atomic E-state index is -0.367. The summed E-state index contributed by atoms with van der Waals surface area (Å²) < 4.78 is 10.5. The lowest BCUT2D eigenvalue weighted by molar-refractivity contribution is -0.117. The van der Waals surface area contributed by atoms with Gasteiger partial charge in [-0.3, -0.25) is 4.79 Å². The van der Waals surface area contributed by atoms with E-state index in [1.807, 2.05) is 17.0 Å². The lowest BCUT2D eigenvalue weighted by atomic mass is 10.1. The normalized spacial score (nSPS) is 22.9. The molecule has 2 aromatic rings. The predicted molar refractivity (Wildman–Crippen MR) is 86.8 cm³/mol. The van der Waals surface area contributed by atoms with Crippen LogP contribution in [-0.2, 0) is 11.2 Å². The van der Waals surface area contributed by atoms with Crippen LogP contribution < -0.4 is 9.64 Å². The van der Waals surface area contributed by atoms with Crippen LogP contribution in [0, 0.1) is 0 Å². The number of oxazole rings is 1. The monoisotopic (exact) mass is 328 g/mol. The van der Waals surface area contributed by atoms with Crippen LogP contribution in [-0.4, -0.2) is 28.6 Å². The van der Waals surface area contributed by atoms with Gasteiger partial charge in [-0.25, -0.2) is 0 Å². The number of ether oxygens (including phenoxy) is 1. The van der Waals surface area contributed by atoms with Crippen molar-refractivity contribution in [3.8, 4) is 6.08 Å². The average Bonchev–Trinajstić information content (AvgIpc) is 3.30. The molecule has 0 bridgehead atoms. The molecule has 1 fully saturated rings. The highest BCUT2D eigenvalue weighted by molar-refractivity contribution is 5.96. The van der Waals surface area contributed by atoms with Gasteiger partial charge in [0.05, 0.1) is 18.9 Å². The van der Waals surface area contributed by atoms with E-state index in [1.54, 1.807) is 6.20 Å². The summed E-state index contributed by atoms with van der Waals surface area (Å²) in [5.41, 5.74) is 3.06. The highest BCUT2D eigenvalue weighted by Crippen LogP contribution is 2.36. The number of carbonyl (C=O) groups excluding carboxylic acids is 1. The van der Waals surface area contributed by atoms with Crippen LogP contribution in [0.5, 0.6) is 6.08 Å². The van der Waals surface area contributed by atoms with Gasteiger partial charge < -0.3 is 19.2 Å². The van der Waals surface area contributed by atoms with Gasteiger partial charge in [0.1, 0.15) is 6.26 Å². The van der Waals surface area contributed by atoms with Gasteiger partial charge in [0, 0.05) is 24.6 Å². The predicted octanol–water partition coefficient (Wildman–Crippen LogP) is 2.62. The Balaban J connectivity index is 1.47. The molecule has 1 amide bonds. The molecule has 1 aromatic carbocycles. The lowest BCUT2D eigenvalue weighted by Crippen LogP contribution is -2.34. The van der Waals surface area contributed by atoms with Crippen LogP contribution in [0.3, 0.4) is 0 Å². The second-order valence-corrected chi connectivity index (χ2v) is 6.33. The molecule has 24 heavy (non-hydrogen) atoms. The van der Waals surface area contributed by atoms with E-state index in [-0.39, 0.29) is 24.1 Å². The van der Waals surface area contributed by atoms with E-state index >= 15 is 0 Å². The highest BCUT2D eigenvalue weighted by Gasteiger charge is 2.33. The van der Waals surface area contributed by atoms with Gasteiger partial charge in [-0.15, -0.1) is 0 Å². The van der Waals surface area contributed by atoms with Crippen LogP contribution in [0.15, 0.2) is 35.1 Å². The van der Waals surface area contributed by atoms with Gasteiger partial charge in [-0.2, -0.15) is 4.98 Å². The van der Waals surface area contributed by atoms with Gasteiger partial charge in [-0.1, -0.05) is 6.07 Å². The van der Waals surface area contributed by atoms with Crippen molar-refractivity contribution < 1.29 is 19.1 Å². The number of hydrogen-bond donors (Lipinski definition) is 1. The molecular formula is C18H20N2O4. The number of aliphatic hydroxyl groups excluding tert-OH is 1. The molecule has 6 heteroatoms. The summed E-state index contributed by atoms with van der Waals surface area (Å²) in [5, 5.41) is 9.94. The van der Waals surface area contributed by atoms with E-state index in [0.29, 0.717) is 13.0 Å². The van der Waals surface area contributed by atoms with Crippen molar-refractivity contribution in [3.05, 3.63) is 41.8 Å². The third-order valence-electron chi connectivity index (χ3n) is 4.86. The maximum Gasteiger partial charge on any atom is 0.393 e. The zero-order valence-electron chi connectivity index (χ0n) is 13.4. The standard InChI is InChI=1S/C18H20N2O4/c21-16-5-1-12-11-14(2-4-15(12)16)20-13(3-6-17(20)22)7-9-23-18-19-8-10-24-18/h2,4,8,10-11,13,16,21H,1,3,5-7,9H2/t13-,16?/m0/s1. The Morgan fingerprint density at radius 1 is 1.33 bits per heavy atom. The fourth-order valence-electron chi connectivity index (χ4n) is 3.67. The summed E-state index contributed by atoms with van der Waals surface area (Å²) in [4.78, 5) is 18.2. The molecule has 1 aromatic heterocycles. The van der Waals surface area contributed by atoms with Crippen LogP contribution >= 0.6 is 0 Å². The Labute approximate surface area is 140 Å². The molecule has 1 N–H and O–H groups in total.